The van der Waals surface area contributed by atoms with Crippen LogP contribution in [0.25, 0.3) is 0 Å². The molecule has 1 aliphatic rings. The van der Waals surface area contributed by atoms with Crippen LogP contribution < -0.4 is 0 Å². The van der Waals surface area contributed by atoms with Crippen molar-refractivity contribution in [3.63, 3.8) is 0 Å². The fraction of sp³-hybridized carbons (Fsp3) is 0.200. The summed E-state index contributed by atoms with van der Waals surface area (Å²) in [6.07, 6.45) is 3.11. The van der Waals surface area contributed by atoms with E-state index >= 15 is 0 Å². The number of aromatic nitrogens is 1. The van der Waals surface area contributed by atoms with Gasteiger partial charge in [0, 0.05) is 18.2 Å². The summed E-state index contributed by atoms with van der Waals surface area (Å²) in [6.45, 7) is 0. The second-order valence-corrected chi connectivity index (χ2v) is 4.98. The number of hydrogen-bond acceptors (Lipinski definition) is 2. The highest BCUT2D eigenvalue weighted by atomic mass is 35.5. The van der Waals surface area contributed by atoms with E-state index in [0.717, 1.165) is 6.42 Å². The van der Waals surface area contributed by atoms with E-state index in [0.29, 0.717) is 23.1 Å². The number of rotatable bonds is 3. The molecule has 0 amide bonds. The summed E-state index contributed by atoms with van der Waals surface area (Å²) in [5.41, 5.74) is 3.32. The van der Waals surface area contributed by atoms with Crippen LogP contribution in [0.5, 0.6) is 0 Å². The first-order valence-corrected chi connectivity index (χ1v) is 6.34. The average molecular weight is 258 g/mol. The summed E-state index contributed by atoms with van der Waals surface area (Å²) < 4.78 is 0. The maximum absolute atomic E-state index is 12.1. The van der Waals surface area contributed by atoms with Gasteiger partial charge in [-0.25, -0.2) is 4.98 Å². The van der Waals surface area contributed by atoms with E-state index in [1.807, 2.05) is 12.1 Å². The predicted octanol–water partition coefficient (Wildman–Crippen LogP) is 3.65. The molecule has 0 saturated carbocycles. The number of ketones is 1. The molecule has 0 N–H and O–H groups in total. The van der Waals surface area contributed by atoms with Crippen molar-refractivity contribution in [3.8, 4) is 0 Å². The minimum Gasteiger partial charge on any atom is -0.294 e. The van der Waals surface area contributed by atoms with Gasteiger partial charge in [-0.05, 0) is 35.6 Å². The number of nitrogens with zero attached hydrogens (tertiary/aromatic N) is 1. The Bertz CT molecular complexity index is 592. The predicted molar refractivity (Wildman–Crippen MR) is 71.1 cm³/mol. The molecule has 0 fully saturated rings. The molecule has 90 valence electrons. The monoisotopic (exact) mass is 257 g/mol. The third kappa shape index (κ3) is 2.04. The fourth-order valence-electron chi connectivity index (χ4n) is 2.43. The zero-order chi connectivity index (χ0) is 12.5. The maximum atomic E-state index is 12.1. The lowest BCUT2D eigenvalue weighted by atomic mass is 9.74. The molecule has 3 heteroatoms. The van der Waals surface area contributed by atoms with Crippen molar-refractivity contribution >= 4 is 17.4 Å². The minimum atomic E-state index is 0.138. The number of benzene rings is 1. The number of pyridine rings is 1. The van der Waals surface area contributed by atoms with Crippen LogP contribution in [0.1, 0.15) is 33.8 Å². The Morgan fingerprint density at radius 1 is 1.28 bits per heavy atom. The van der Waals surface area contributed by atoms with Crippen molar-refractivity contribution in [2.75, 3.05) is 0 Å². The SMILES string of the molecule is O=C(CC1Cc2ccccc21)c1ccc(Cl)nc1. The molecule has 0 spiro atoms. The first kappa shape index (κ1) is 11.4. The first-order chi connectivity index (χ1) is 8.74. The standard InChI is InChI=1S/C15H12ClNO/c16-15-6-5-11(9-17-15)14(18)8-12-7-10-3-1-2-4-13(10)12/h1-6,9,12H,7-8H2. The van der Waals surface area contributed by atoms with Crippen LogP contribution in [0.15, 0.2) is 42.6 Å². The van der Waals surface area contributed by atoms with Crippen molar-refractivity contribution in [1.29, 1.82) is 0 Å². The summed E-state index contributed by atoms with van der Waals surface area (Å²) in [6, 6.07) is 11.7. The first-order valence-electron chi connectivity index (χ1n) is 5.96. The van der Waals surface area contributed by atoms with Gasteiger partial charge >= 0.3 is 0 Å². The van der Waals surface area contributed by atoms with Gasteiger partial charge in [-0.2, -0.15) is 0 Å². The highest BCUT2D eigenvalue weighted by Gasteiger charge is 2.27. The van der Waals surface area contributed by atoms with E-state index in [1.54, 1.807) is 18.3 Å². The number of carbonyl (C=O) groups is 1. The van der Waals surface area contributed by atoms with Gasteiger partial charge in [-0.3, -0.25) is 4.79 Å². The van der Waals surface area contributed by atoms with Crippen molar-refractivity contribution in [2.45, 2.75) is 18.8 Å². The fourth-order valence-corrected chi connectivity index (χ4v) is 2.54. The molecule has 0 bridgehead atoms. The van der Waals surface area contributed by atoms with E-state index in [9.17, 15) is 4.79 Å². The number of Topliss-reactive ketones (excluding diaryl/α,β-unsaturated/α-hetero) is 1. The molecule has 3 rings (SSSR count). The summed E-state index contributed by atoms with van der Waals surface area (Å²) in [4.78, 5) is 16.0. The molecule has 1 aromatic heterocycles. The zero-order valence-corrected chi connectivity index (χ0v) is 10.5. The van der Waals surface area contributed by atoms with Crippen molar-refractivity contribution in [1.82, 2.24) is 4.98 Å². The highest BCUT2D eigenvalue weighted by Crippen LogP contribution is 2.37. The molecule has 1 aliphatic carbocycles. The molecule has 18 heavy (non-hydrogen) atoms. The second-order valence-electron chi connectivity index (χ2n) is 4.60. The Hall–Kier alpha value is -1.67. The van der Waals surface area contributed by atoms with Crippen LogP contribution in [0.3, 0.4) is 0 Å². The van der Waals surface area contributed by atoms with Gasteiger partial charge in [0.05, 0.1) is 0 Å². The lowest BCUT2D eigenvalue weighted by Crippen LogP contribution is -2.20. The number of halogens is 1. The molecule has 2 nitrogen and oxygen atoms in total. The van der Waals surface area contributed by atoms with E-state index in [4.69, 9.17) is 11.6 Å². The minimum absolute atomic E-state index is 0.138. The van der Waals surface area contributed by atoms with Gasteiger partial charge in [-0.15, -0.1) is 0 Å². The van der Waals surface area contributed by atoms with Gasteiger partial charge in [0.2, 0.25) is 0 Å². The van der Waals surface area contributed by atoms with E-state index in [1.165, 1.54) is 11.1 Å². The Morgan fingerprint density at radius 2 is 2.11 bits per heavy atom. The van der Waals surface area contributed by atoms with Gasteiger partial charge in [0.1, 0.15) is 5.15 Å². The molecule has 2 aromatic rings. The smallest absolute Gasteiger partial charge is 0.165 e. The molecule has 0 aliphatic heterocycles. The summed E-state index contributed by atoms with van der Waals surface area (Å²) in [5.74, 6) is 0.503. The second kappa shape index (κ2) is 4.54. The van der Waals surface area contributed by atoms with Crippen LogP contribution in [0.2, 0.25) is 5.15 Å². The lowest BCUT2D eigenvalue weighted by Gasteiger charge is -2.29. The molecule has 1 atom stereocenters. The Balaban J connectivity index is 1.72. The molecule has 0 radical (unpaired) electrons. The van der Waals surface area contributed by atoms with E-state index in [-0.39, 0.29) is 5.78 Å². The van der Waals surface area contributed by atoms with Crippen LogP contribution in [0.4, 0.5) is 0 Å². The normalized spacial score (nSPS) is 16.8. The van der Waals surface area contributed by atoms with Crippen molar-refractivity contribution in [2.24, 2.45) is 0 Å². The van der Waals surface area contributed by atoms with Gasteiger partial charge < -0.3 is 0 Å². The van der Waals surface area contributed by atoms with Crippen LogP contribution in [-0.4, -0.2) is 10.8 Å². The largest absolute Gasteiger partial charge is 0.294 e. The number of carbonyl (C=O) groups excluding carboxylic acids is 1. The molecular formula is C15H12ClNO. The highest BCUT2D eigenvalue weighted by molar-refractivity contribution is 6.29. The van der Waals surface area contributed by atoms with Crippen LogP contribution >= 0.6 is 11.6 Å². The third-order valence-electron chi connectivity index (χ3n) is 3.44. The zero-order valence-electron chi connectivity index (χ0n) is 9.77. The molecule has 0 saturated heterocycles. The summed E-state index contributed by atoms with van der Waals surface area (Å²) in [5, 5.41) is 0.417. The van der Waals surface area contributed by atoms with Gasteiger partial charge in [0.15, 0.2) is 5.78 Å². The van der Waals surface area contributed by atoms with E-state index in [2.05, 4.69) is 17.1 Å². The van der Waals surface area contributed by atoms with Crippen molar-refractivity contribution < 1.29 is 4.79 Å². The lowest BCUT2D eigenvalue weighted by molar-refractivity contribution is 0.0970. The average Bonchev–Trinajstić information content (AvgIpc) is 2.36. The maximum Gasteiger partial charge on any atom is 0.165 e. The molecule has 1 unspecified atom stereocenters. The van der Waals surface area contributed by atoms with Gasteiger partial charge in [0.25, 0.3) is 0 Å². The molecule has 1 heterocycles. The van der Waals surface area contributed by atoms with Crippen LogP contribution in [0, 0.1) is 0 Å². The molecular weight excluding hydrogens is 246 g/mol. The number of hydrogen-bond donors (Lipinski definition) is 0. The van der Waals surface area contributed by atoms with Crippen LogP contribution in [-0.2, 0) is 6.42 Å². The molecule has 1 aromatic carbocycles. The quantitative estimate of drug-likeness (QED) is 0.621. The Kier molecular flexibility index (Phi) is 2.88. The summed E-state index contributed by atoms with van der Waals surface area (Å²) >= 11 is 5.71. The van der Waals surface area contributed by atoms with Gasteiger partial charge in [-0.1, -0.05) is 35.9 Å². The summed E-state index contributed by atoms with van der Waals surface area (Å²) in [7, 11) is 0. The number of fused-ring (bicyclic) bond motifs is 1. The Morgan fingerprint density at radius 3 is 2.83 bits per heavy atom. The van der Waals surface area contributed by atoms with E-state index < -0.39 is 0 Å². The topological polar surface area (TPSA) is 30.0 Å². The third-order valence-corrected chi connectivity index (χ3v) is 3.67. The Labute approximate surface area is 111 Å². The van der Waals surface area contributed by atoms with Crippen molar-refractivity contribution in [3.05, 3.63) is 64.4 Å².